The van der Waals surface area contributed by atoms with Gasteiger partial charge in [0.15, 0.2) is 6.61 Å². The first kappa shape index (κ1) is 22.3. The highest BCUT2D eigenvalue weighted by Gasteiger charge is 2.27. The Kier molecular flexibility index (Phi) is 7.87. The van der Waals surface area contributed by atoms with E-state index in [1.807, 2.05) is 36.1 Å². The van der Waals surface area contributed by atoms with E-state index in [0.29, 0.717) is 37.0 Å². The molecule has 0 aliphatic carbocycles. The summed E-state index contributed by atoms with van der Waals surface area (Å²) in [7, 11) is 1.63. The maximum absolute atomic E-state index is 12.8. The first-order valence-electron chi connectivity index (χ1n) is 9.72. The van der Waals surface area contributed by atoms with E-state index in [1.165, 1.54) is 11.8 Å². The van der Waals surface area contributed by atoms with E-state index >= 15 is 0 Å². The van der Waals surface area contributed by atoms with Crippen LogP contribution in [0.4, 0.5) is 0 Å². The molecular formula is C22H25ClN2O4S. The Morgan fingerprint density at radius 3 is 2.13 bits per heavy atom. The van der Waals surface area contributed by atoms with Crippen LogP contribution in [0, 0.1) is 0 Å². The van der Waals surface area contributed by atoms with Crippen LogP contribution in [0.3, 0.4) is 0 Å². The summed E-state index contributed by atoms with van der Waals surface area (Å²) in [5, 5.41) is 0.419. The van der Waals surface area contributed by atoms with Crippen molar-refractivity contribution >= 4 is 35.2 Å². The first-order valence-corrected chi connectivity index (χ1v) is 11.0. The molecule has 6 nitrogen and oxygen atoms in total. The summed E-state index contributed by atoms with van der Waals surface area (Å²) in [4.78, 5) is 29.8. The lowest BCUT2D eigenvalue weighted by Gasteiger charge is -2.35. The zero-order chi connectivity index (χ0) is 21.5. The molecule has 0 N–H and O–H groups in total. The summed E-state index contributed by atoms with van der Waals surface area (Å²) < 4.78 is 10.7. The van der Waals surface area contributed by atoms with Gasteiger partial charge >= 0.3 is 0 Å². The summed E-state index contributed by atoms with van der Waals surface area (Å²) in [6.45, 7) is 3.95. The number of nitrogens with zero attached hydrogens (tertiary/aromatic N) is 2. The zero-order valence-electron chi connectivity index (χ0n) is 17.0. The Morgan fingerprint density at radius 1 is 0.967 bits per heavy atom. The van der Waals surface area contributed by atoms with Gasteiger partial charge in [0.1, 0.15) is 11.5 Å². The maximum Gasteiger partial charge on any atom is 0.260 e. The van der Waals surface area contributed by atoms with Gasteiger partial charge in [-0.1, -0.05) is 11.6 Å². The van der Waals surface area contributed by atoms with Crippen LogP contribution in [-0.4, -0.2) is 66.8 Å². The highest BCUT2D eigenvalue weighted by Crippen LogP contribution is 2.26. The van der Waals surface area contributed by atoms with E-state index in [9.17, 15) is 9.59 Å². The van der Waals surface area contributed by atoms with E-state index < -0.39 is 0 Å². The maximum atomic E-state index is 12.8. The number of methoxy groups -OCH3 is 1. The minimum Gasteiger partial charge on any atom is -0.497 e. The molecule has 30 heavy (non-hydrogen) atoms. The van der Waals surface area contributed by atoms with Crippen molar-refractivity contribution in [3.05, 3.63) is 53.6 Å². The molecule has 0 radical (unpaired) electrons. The van der Waals surface area contributed by atoms with Crippen molar-refractivity contribution in [3.63, 3.8) is 0 Å². The Bertz CT molecular complexity index is 852. The number of carbonyl (C=O) groups excluding carboxylic acids is 2. The van der Waals surface area contributed by atoms with E-state index in [-0.39, 0.29) is 23.7 Å². The fourth-order valence-electron chi connectivity index (χ4n) is 3.11. The van der Waals surface area contributed by atoms with Gasteiger partial charge in [-0.25, -0.2) is 0 Å². The molecule has 1 atom stereocenters. The van der Waals surface area contributed by atoms with E-state index in [4.69, 9.17) is 21.1 Å². The average Bonchev–Trinajstić information content (AvgIpc) is 2.78. The Labute approximate surface area is 186 Å². The van der Waals surface area contributed by atoms with Crippen molar-refractivity contribution in [2.45, 2.75) is 17.1 Å². The van der Waals surface area contributed by atoms with Crippen molar-refractivity contribution in [2.75, 3.05) is 39.9 Å². The van der Waals surface area contributed by atoms with Crippen molar-refractivity contribution in [1.29, 1.82) is 0 Å². The van der Waals surface area contributed by atoms with E-state index in [0.717, 1.165) is 10.6 Å². The van der Waals surface area contributed by atoms with Gasteiger partial charge in [-0.05, 0) is 55.5 Å². The summed E-state index contributed by atoms with van der Waals surface area (Å²) in [6, 6.07) is 14.6. The summed E-state index contributed by atoms with van der Waals surface area (Å²) >= 11 is 7.37. The highest BCUT2D eigenvalue weighted by molar-refractivity contribution is 8.00. The predicted octanol–water partition coefficient (Wildman–Crippen LogP) is 3.58. The number of carbonyl (C=O) groups is 2. The number of hydrogen-bond donors (Lipinski definition) is 0. The third kappa shape index (κ3) is 6.06. The first-order chi connectivity index (χ1) is 14.5. The van der Waals surface area contributed by atoms with E-state index in [2.05, 4.69) is 0 Å². The Balaban J connectivity index is 1.43. The number of thioether (sulfide) groups is 1. The molecule has 1 aliphatic rings. The van der Waals surface area contributed by atoms with Gasteiger partial charge in [-0.2, -0.15) is 0 Å². The molecule has 0 spiro atoms. The topological polar surface area (TPSA) is 59.1 Å². The highest BCUT2D eigenvalue weighted by atomic mass is 35.5. The molecule has 1 unspecified atom stereocenters. The quantitative estimate of drug-likeness (QED) is 0.606. The van der Waals surface area contributed by atoms with Gasteiger partial charge in [0.2, 0.25) is 5.91 Å². The fraction of sp³-hybridized carbons (Fsp3) is 0.364. The summed E-state index contributed by atoms with van der Waals surface area (Å²) in [6.07, 6.45) is 0. The SMILES string of the molecule is COc1ccc(SC(C)C(=O)N2CCN(C(=O)COc3ccc(Cl)cc3)CC2)cc1. The third-order valence-corrected chi connectivity index (χ3v) is 6.19. The van der Waals surface area contributed by atoms with Crippen LogP contribution >= 0.6 is 23.4 Å². The second-order valence-corrected chi connectivity index (χ2v) is 8.73. The van der Waals surface area contributed by atoms with Crippen LogP contribution in [0.5, 0.6) is 11.5 Å². The molecule has 8 heteroatoms. The molecule has 1 aliphatic heterocycles. The molecule has 1 saturated heterocycles. The second-order valence-electron chi connectivity index (χ2n) is 6.88. The molecule has 3 rings (SSSR count). The smallest absolute Gasteiger partial charge is 0.260 e. The molecule has 1 fully saturated rings. The number of ether oxygens (including phenoxy) is 2. The molecule has 2 amide bonds. The lowest BCUT2D eigenvalue weighted by molar-refractivity contribution is -0.140. The fourth-order valence-corrected chi connectivity index (χ4v) is 4.19. The van der Waals surface area contributed by atoms with Crippen molar-refractivity contribution in [2.24, 2.45) is 0 Å². The average molecular weight is 449 g/mol. The van der Waals surface area contributed by atoms with Gasteiger partial charge < -0.3 is 19.3 Å². The van der Waals surface area contributed by atoms with Crippen molar-refractivity contribution < 1.29 is 19.1 Å². The lowest BCUT2D eigenvalue weighted by atomic mass is 10.3. The van der Waals surface area contributed by atoms with Crippen LogP contribution in [0.25, 0.3) is 0 Å². The number of halogens is 1. The van der Waals surface area contributed by atoms with Gasteiger partial charge in [-0.15, -0.1) is 11.8 Å². The van der Waals surface area contributed by atoms with Crippen LogP contribution in [0.1, 0.15) is 6.92 Å². The number of amides is 2. The molecule has 0 saturated carbocycles. The molecule has 2 aromatic rings. The number of hydrogen-bond acceptors (Lipinski definition) is 5. The molecule has 160 valence electrons. The monoisotopic (exact) mass is 448 g/mol. The van der Waals surface area contributed by atoms with Crippen LogP contribution in [0.2, 0.25) is 5.02 Å². The molecule has 1 heterocycles. The lowest BCUT2D eigenvalue weighted by Crippen LogP contribution is -2.53. The van der Waals surface area contributed by atoms with Gasteiger partial charge in [0.05, 0.1) is 12.4 Å². The van der Waals surface area contributed by atoms with Gasteiger partial charge in [-0.3, -0.25) is 9.59 Å². The van der Waals surface area contributed by atoms with Crippen molar-refractivity contribution in [1.82, 2.24) is 9.80 Å². The molecule has 0 bridgehead atoms. The number of rotatable bonds is 7. The largest absolute Gasteiger partial charge is 0.497 e. The Morgan fingerprint density at radius 2 is 1.53 bits per heavy atom. The zero-order valence-corrected chi connectivity index (χ0v) is 18.6. The normalized spacial score (nSPS) is 14.9. The third-order valence-electron chi connectivity index (χ3n) is 4.84. The predicted molar refractivity (Wildman–Crippen MR) is 118 cm³/mol. The van der Waals surface area contributed by atoms with Crippen LogP contribution in [0.15, 0.2) is 53.4 Å². The standard InChI is InChI=1S/C22H25ClN2O4S/c1-16(30-20-9-7-18(28-2)8-10-20)22(27)25-13-11-24(12-14-25)21(26)15-29-19-5-3-17(23)4-6-19/h3-10,16H,11-15H2,1-2H3. The molecule has 2 aromatic carbocycles. The molecular weight excluding hydrogens is 424 g/mol. The summed E-state index contributed by atoms with van der Waals surface area (Å²) in [5.74, 6) is 1.39. The Hall–Kier alpha value is -2.38. The molecule has 0 aromatic heterocycles. The minimum absolute atomic E-state index is 0.0285. The van der Waals surface area contributed by atoms with Gasteiger partial charge in [0, 0.05) is 36.1 Å². The van der Waals surface area contributed by atoms with Crippen LogP contribution < -0.4 is 9.47 Å². The van der Waals surface area contributed by atoms with Crippen molar-refractivity contribution in [3.8, 4) is 11.5 Å². The summed E-state index contributed by atoms with van der Waals surface area (Å²) in [5.41, 5.74) is 0. The van der Waals surface area contributed by atoms with Crippen LogP contribution in [-0.2, 0) is 9.59 Å². The second kappa shape index (κ2) is 10.6. The van der Waals surface area contributed by atoms with Gasteiger partial charge in [0.25, 0.3) is 5.91 Å². The number of piperazine rings is 1. The van der Waals surface area contributed by atoms with E-state index in [1.54, 1.807) is 36.3 Å². The minimum atomic E-state index is -0.200. The number of benzene rings is 2.